The number of halogens is 2. The maximum Gasteiger partial charge on any atom is 0.302 e. The van der Waals surface area contributed by atoms with Gasteiger partial charge in [0.25, 0.3) is 0 Å². The molecule has 5 rings (SSSR count). The van der Waals surface area contributed by atoms with Crippen molar-refractivity contribution in [3.05, 3.63) is 99.0 Å². The summed E-state index contributed by atoms with van der Waals surface area (Å²) in [4.78, 5) is 17.4. The summed E-state index contributed by atoms with van der Waals surface area (Å²) in [6.07, 6.45) is 2.99. The number of benzene rings is 2. The monoisotopic (exact) mass is 500 g/mol. The highest BCUT2D eigenvalue weighted by Crippen LogP contribution is 2.34. The summed E-state index contributed by atoms with van der Waals surface area (Å²) in [6.45, 7) is 4.00. The zero-order valence-electron chi connectivity index (χ0n) is 18.8. The van der Waals surface area contributed by atoms with E-state index in [1.807, 2.05) is 44.2 Å². The maximum absolute atomic E-state index is 13.3. The number of hydrogen-bond acceptors (Lipinski definition) is 6. The third-order valence-electron chi connectivity index (χ3n) is 5.06. The summed E-state index contributed by atoms with van der Waals surface area (Å²) in [5.41, 5.74) is 3.60. The molecule has 0 radical (unpaired) electrons. The van der Waals surface area contributed by atoms with Crippen molar-refractivity contribution in [2.75, 3.05) is 0 Å². The molecule has 172 valence electrons. The van der Waals surface area contributed by atoms with Gasteiger partial charge in [0, 0.05) is 27.4 Å². The smallest absolute Gasteiger partial charge is 0.265 e. The zero-order chi connectivity index (χ0) is 24.9. The van der Waals surface area contributed by atoms with Gasteiger partial charge in [0.15, 0.2) is 11.3 Å². The number of rotatable bonds is 3. The second-order valence-corrected chi connectivity index (χ2v) is 7.95. The van der Waals surface area contributed by atoms with Crippen molar-refractivity contribution in [1.29, 1.82) is 5.26 Å². The van der Waals surface area contributed by atoms with Crippen LogP contribution in [0.1, 0.15) is 19.4 Å². The molecule has 0 fully saturated rings. The van der Waals surface area contributed by atoms with E-state index in [1.54, 1.807) is 42.6 Å². The summed E-state index contributed by atoms with van der Waals surface area (Å²) in [7, 11) is 0. The van der Waals surface area contributed by atoms with E-state index in [0.717, 1.165) is 16.7 Å². The molecule has 0 aliphatic heterocycles. The molecule has 0 N–H and O–H groups in total. The Kier molecular flexibility index (Phi) is 7.16. The number of hydrogen-bond donors (Lipinski definition) is 0. The first kappa shape index (κ1) is 24.0. The van der Waals surface area contributed by atoms with E-state index in [2.05, 4.69) is 20.3 Å². The zero-order valence-corrected chi connectivity index (χ0v) is 20.3. The average molecular weight is 501 g/mol. The Bertz CT molecular complexity index is 1590. The lowest BCUT2D eigenvalue weighted by Gasteiger charge is -2.13. The summed E-state index contributed by atoms with van der Waals surface area (Å²) in [5.74, 6) is 0. The van der Waals surface area contributed by atoms with Crippen LogP contribution in [0.15, 0.2) is 77.9 Å². The van der Waals surface area contributed by atoms with Crippen molar-refractivity contribution in [2.24, 2.45) is 0 Å². The van der Waals surface area contributed by atoms with E-state index >= 15 is 0 Å². The van der Waals surface area contributed by atoms with Gasteiger partial charge in [0.05, 0.1) is 17.5 Å². The molecule has 5 aromatic rings. The van der Waals surface area contributed by atoms with Gasteiger partial charge in [-0.1, -0.05) is 61.3 Å². The molecule has 2 aromatic carbocycles. The van der Waals surface area contributed by atoms with Crippen LogP contribution in [-0.4, -0.2) is 24.8 Å². The van der Waals surface area contributed by atoms with E-state index < -0.39 is 5.56 Å². The fourth-order valence-electron chi connectivity index (χ4n) is 3.45. The standard InChI is InChI=1S/C24H12Cl2N6O.C2H6/c25-17-6-2-15(3-7-17)19-13-29-32-23(21(19)16-4-8-18(26)9-5-16)31-30-22(24(32)33)20-10-1-14(11-27)12-28-20;1-2/h1-10,12-13H;1-2H3. The van der Waals surface area contributed by atoms with Crippen molar-refractivity contribution >= 4 is 28.8 Å². The van der Waals surface area contributed by atoms with Crippen molar-refractivity contribution in [3.63, 3.8) is 0 Å². The number of nitrogens with zero attached hydrogens (tertiary/aromatic N) is 6. The molecule has 0 saturated heterocycles. The van der Waals surface area contributed by atoms with Crippen LogP contribution in [0.2, 0.25) is 10.0 Å². The second-order valence-electron chi connectivity index (χ2n) is 7.08. The molecule has 0 saturated carbocycles. The van der Waals surface area contributed by atoms with Gasteiger partial charge >= 0.3 is 5.56 Å². The van der Waals surface area contributed by atoms with Crippen molar-refractivity contribution in [2.45, 2.75) is 13.8 Å². The number of pyridine rings is 1. The molecule has 0 atom stereocenters. The van der Waals surface area contributed by atoms with Gasteiger partial charge in [0.2, 0.25) is 0 Å². The first-order valence-electron chi connectivity index (χ1n) is 10.7. The Morgan fingerprint density at radius 1 is 0.829 bits per heavy atom. The SMILES string of the molecule is CC.N#Cc1ccc(-c2nnc3c(-c4ccc(Cl)cc4)c(-c4ccc(Cl)cc4)cnn3c2=O)nc1. The van der Waals surface area contributed by atoms with Crippen LogP contribution in [-0.2, 0) is 0 Å². The Morgan fingerprint density at radius 3 is 2.03 bits per heavy atom. The van der Waals surface area contributed by atoms with Crippen molar-refractivity contribution in [3.8, 4) is 39.7 Å². The van der Waals surface area contributed by atoms with Gasteiger partial charge in [0.1, 0.15) is 6.07 Å². The van der Waals surface area contributed by atoms with E-state index in [0.29, 0.717) is 26.9 Å². The molecule has 0 aliphatic rings. The predicted molar refractivity (Wildman–Crippen MR) is 137 cm³/mol. The number of aromatic nitrogens is 5. The highest BCUT2D eigenvalue weighted by molar-refractivity contribution is 6.31. The predicted octanol–water partition coefficient (Wildman–Crippen LogP) is 6.09. The van der Waals surface area contributed by atoms with Crippen LogP contribution in [0.4, 0.5) is 0 Å². The molecular weight excluding hydrogens is 483 g/mol. The molecule has 0 unspecified atom stereocenters. The Hall–Kier alpha value is -4.12. The Balaban J connectivity index is 0.00000141. The van der Waals surface area contributed by atoms with Gasteiger partial charge in [-0.25, -0.2) is 0 Å². The van der Waals surface area contributed by atoms with Gasteiger partial charge < -0.3 is 0 Å². The molecule has 7 nitrogen and oxygen atoms in total. The molecule has 3 aromatic heterocycles. The molecule has 3 heterocycles. The van der Waals surface area contributed by atoms with Crippen LogP contribution >= 0.6 is 23.2 Å². The topological polar surface area (TPSA) is 96.8 Å². The molecule has 0 bridgehead atoms. The fraction of sp³-hybridized carbons (Fsp3) is 0.0769. The van der Waals surface area contributed by atoms with Crippen molar-refractivity contribution < 1.29 is 0 Å². The molecular formula is C26H18Cl2N6O. The normalized spacial score (nSPS) is 10.4. The lowest BCUT2D eigenvalue weighted by Crippen LogP contribution is -2.22. The molecule has 0 spiro atoms. The number of nitriles is 1. The third kappa shape index (κ3) is 4.76. The average Bonchev–Trinajstić information content (AvgIpc) is 2.91. The van der Waals surface area contributed by atoms with Crippen LogP contribution in [0.5, 0.6) is 0 Å². The molecule has 0 aliphatic carbocycles. The maximum atomic E-state index is 13.3. The van der Waals surface area contributed by atoms with Crippen molar-refractivity contribution in [1.82, 2.24) is 24.8 Å². The van der Waals surface area contributed by atoms with E-state index in [-0.39, 0.29) is 11.3 Å². The largest absolute Gasteiger partial charge is 0.302 e. The van der Waals surface area contributed by atoms with Gasteiger partial charge in [-0.2, -0.15) is 14.9 Å². The summed E-state index contributed by atoms with van der Waals surface area (Å²) >= 11 is 12.2. The van der Waals surface area contributed by atoms with Gasteiger partial charge in [-0.05, 0) is 47.5 Å². The van der Waals surface area contributed by atoms with Crippen LogP contribution in [0.25, 0.3) is 39.3 Å². The van der Waals surface area contributed by atoms with Crippen LogP contribution in [0, 0.1) is 11.3 Å². The lowest BCUT2D eigenvalue weighted by atomic mass is 9.97. The van der Waals surface area contributed by atoms with E-state index in [1.165, 1.54) is 10.7 Å². The van der Waals surface area contributed by atoms with Gasteiger partial charge in [-0.3, -0.25) is 9.78 Å². The molecule has 0 amide bonds. The number of fused-ring (bicyclic) bond motifs is 1. The van der Waals surface area contributed by atoms with Crippen LogP contribution < -0.4 is 5.56 Å². The second kappa shape index (κ2) is 10.4. The third-order valence-corrected chi connectivity index (χ3v) is 5.56. The molecule has 9 heteroatoms. The lowest BCUT2D eigenvalue weighted by molar-refractivity contribution is 0.830. The first-order chi connectivity index (χ1) is 17.0. The Morgan fingerprint density at radius 2 is 1.46 bits per heavy atom. The fourth-order valence-corrected chi connectivity index (χ4v) is 3.70. The minimum absolute atomic E-state index is 0.0331. The minimum Gasteiger partial charge on any atom is -0.265 e. The highest BCUT2D eigenvalue weighted by Gasteiger charge is 2.19. The highest BCUT2D eigenvalue weighted by atomic mass is 35.5. The van der Waals surface area contributed by atoms with Crippen LogP contribution in [0.3, 0.4) is 0 Å². The van der Waals surface area contributed by atoms with E-state index in [9.17, 15) is 4.79 Å². The molecule has 35 heavy (non-hydrogen) atoms. The summed E-state index contributed by atoms with van der Waals surface area (Å²) in [5, 5.41) is 23.1. The quantitative estimate of drug-likeness (QED) is 0.297. The van der Waals surface area contributed by atoms with E-state index in [4.69, 9.17) is 28.5 Å². The minimum atomic E-state index is -0.477. The Labute approximate surface area is 211 Å². The first-order valence-corrected chi connectivity index (χ1v) is 11.5. The summed E-state index contributed by atoms with van der Waals surface area (Å²) in [6, 6.07) is 19.6. The van der Waals surface area contributed by atoms with Gasteiger partial charge in [-0.15, -0.1) is 10.2 Å². The summed E-state index contributed by atoms with van der Waals surface area (Å²) < 4.78 is 1.20.